The summed E-state index contributed by atoms with van der Waals surface area (Å²) in [5, 5.41) is 4.68. The minimum atomic E-state index is 0.638. The van der Waals surface area contributed by atoms with Crippen LogP contribution in [0.3, 0.4) is 0 Å². The second-order valence-corrected chi connectivity index (χ2v) is 7.90. The third-order valence-electron chi connectivity index (χ3n) is 6.12. The number of hydrogen-bond acceptors (Lipinski definition) is 3. The first-order valence-corrected chi connectivity index (χ1v) is 10.6. The van der Waals surface area contributed by atoms with E-state index in [2.05, 4.69) is 95.6 Å². The van der Waals surface area contributed by atoms with E-state index >= 15 is 0 Å². The molecule has 3 aromatic heterocycles. The van der Waals surface area contributed by atoms with Crippen LogP contribution in [0.15, 0.2) is 108 Å². The van der Waals surface area contributed by atoms with E-state index in [1.54, 1.807) is 6.26 Å². The highest BCUT2D eigenvalue weighted by atomic mass is 16.3. The van der Waals surface area contributed by atoms with Crippen molar-refractivity contribution in [3.63, 3.8) is 0 Å². The van der Waals surface area contributed by atoms with Gasteiger partial charge in [-0.2, -0.15) is 0 Å². The van der Waals surface area contributed by atoms with Crippen molar-refractivity contribution in [3.05, 3.63) is 103 Å². The number of fused-ring (bicyclic) bond motifs is 5. The Kier molecular flexibility index (Phi) is 3.52. The quantitative estimate of drug-likeness (QED) is 0.304. The smallest absolute Gasteiger partial charge is 0.236 e. The van der Waals surface area contributed by atoms with E-state index in [0.717, 1.165) is 33.2 Å². The molecule has 4 aromatic carbocycles. The molecular formula is C28H17N3O. The second-order valence-electron chi connectivity index (χ2n) is 7.90. The SMILES string of the molecule is c1ccc2c(-c3nc(-n4c5ccccc5c5ccccc54)nc4ccoc34)cccc2c1. The van der Waals surface area contributed by atoms with Crippen LogP contribution in [0.1, 0.15) is 0 Å². The third-order valence-corrected chi connectivity index (χ3v) is 6.12. The van der Waals surface area contributed by atoms with Crippen LogP contribution in [-0.4, -0.2) is 14.5 Å². The predicted molar refractivity (Wildman–Crippen MR) is 129 cm³/mol. The lowest BCUT2D eigenvalue weighted by Crippen LogP contribution is -2.02. The molecule has 0 amide bonds. The van der Waals surface area contributed by atoms with Crippen molar-refractivity contribution in [3.8, 4) is 17.2 Å². The van der Waals surface area contributed by atoms with Crippen LogP contribution in [0.25, 0.3) is 60.9 Å². The highest BCUT2D eigenvalue weighted by Gasteiger charge is 2.19. The largest absolute Gasteiger partial charge is 0.460 e. The van der Waals surface area contributed by atoms with Crippen molar-refractivity contribution in [2.24, 2.45) is 0 Å². The second kappa shape index (κ2) is 6.53. The van der Waals surface area contributed by atoms with Gasteiger partial charge in [-0.1, -0.05) is 78.9 Å². The molecule has 0 aliphatic heterocycles. The minimum Gasteiger partial charge on any atom is -0.460 e. The third kappa shape index (κ3) is 2.38. The van der Waals surface area contributed by atoms with Crippen molar-refractivity contribution >= 4 is 43.7 Å². The molecule has 0 spiro atoms. The number of rotatable bonds is 2. The highest BCUT2D eigenvalue weighted by Crippen LogP contribution is 2.35. The molecule has 7 rings (SSSR count). The van der Waals surface area contributed by atoms with Crippen molar-refractivity contribution in [1.29, 1.82) is 0 Å². The van der Waals surface area contributed by atoms with Crippen molar-refractivity contribution in [1.82, 2.24) is 14.5 Å². The van der Waals surface area contributed by atoms with Gasteiger partial charge in [0.05, 0.1) is 17.3 Å². The van der Waals surface area contributed by atoms with E-state index in [4.69, 9.17) is 14.4 Å². The molecule has 0 saturated heterocycles. The Balaban J connectivity index is 1.61. The molecule has 0 saturated carbocycles. The molecule has 0 aliphatic rings. The van der Waals surface area contributed by atoms with Crippen LogP contribution < -0.4 is 0 Å². The summed E-state index contributed by atoms with van der Waals surface area (Å²) in [6.07, 6.45) is 1.68. The summed E-state index contributed by atoms with van der Waals surface area (Å²) in [5.41, 5.74) is 5.49. The van der Waals surface area contributed by atoms with Crippen molar-refractivity contribution in [2.75, 3.05) is 0 Å². The number of furan rings is 1. The molecule has 7 aromatic rings. The summed E-state index contributed by atoms with van der Waals surface area (Å²) >= 11 is 0. The number of nitrogens with zero attached hydrogens (tertiary/aromatic N) is 3. The Morgan fingerprint density at radius 2 is 1.25 bits per heavy atom. The summed E-state index contributed by atoms with van der Waals surface area (Å²) in [7, 11) is 0. The van der Waals surface area contributed by atoms with Gasteiger partial charge in [-0.15, -0.1) is 0 Å². The maximum atomic E-state index is 5.87. The number of hydrogen-bond donors (Lipinski definition) is 0. The van der Waals surface area contributed by atoms with Gasteiger partial charge in [-0.05, 0) is 22.9 Å². The summed E-state index contributed by atoms with van der Waals surface area (Å²) < 4.78 is 8.01. The Bertz CT molecular complexity index is 1730. The Morgan fingerprint density at radius 3 is 2.03 bits per heavy atom. The molecule has 150 valence electrons. The first-order valence-electron chi connectivity index (χ1n) is 10.6. The zero-order chi connectivity index (χ0) is 21.1. The fourth-order valence-electron chi connectivity index (χ4n) is 4.70. The topological polar surface area (TPSA) is 43.9 Å². The number of benzene rings is 4. The van der Waals surface area contributed by atoms with Crippen LogP contribution in [0, 0.1) is 0 Å². The summed E-state index contributed by atoms with van der Waals surface area (Å²) in [6.45, 7) is 0. The van der Waals surface area contributed by atoms with Gasteiger partial charge < -0.3 is 4.42 Å². The molecule has 0 radical (unpaired) electrons. The molecule has 0 bridgehead atoms. The summed E-state index contributed by atoms with van der Waals surface area (Å²) in [5.74, 6) is 0.638. The Hall–Kier alpha value is -4.44. The first kappa shape index (κ1) is 17.3. The average Bonchev–Trinajstić information content (AvgIpc) is 3.46. The molecule has 4 heteroatoms. The van der Waals surface area contributed by atoms with Crippen molar-refractivity contribution < 1.29 is 4.42 Å². The van der Waals surface area contributed by atoms with E-state index in [0.29, 0.717) is 11.5 Å². The van der Waals surface area contributed by atoms with Crippen LogP contribution in [0.5, 0.6) is 0 Å². The monoisotopic (exact) mass is 411 g/mol. The van der Waals surface area contributed by atoms with Crippen LogP contribution in [0.4, 0.5) is 0 Å². The zero-order valence-electron chi connectivity index (χ0n) is 17.1. The normalized spacial score (nSPS) is 11.8. The summed E-state index contributed by atoms with van der Waals surface area (Å²) in [6, 6.07) is 33.3. The lowest BCUT2D eigenvalue weighted by atomic mass is 10.0. The van der Waals surface area contributed by atoms with Crippen molar-refractivity contribution in [2.45, 2.75) is 0 Å². The molecular weight excluding hydrogens is 394 g/mol. The van der Waals surface area contributed by atoms with Gasteiger partial charge in [0, 0.05) is 22.4 Å². The Labute approximate surface area is 183 Å². The van der Waals surface area contributed by atoms with E-state index < -0.39 is 0 Å². The molecule has 0 fully saturated rings. The van der Waals surface area contributed by atoms with Gasteiger partial charge in [-0.3, -0.25) is 4.57 Å². The maximum absolute atomic E-state index is 5.87. The van der Waals surface area contributed by atoms with Crippen LogP contribution in [0.2, 0.25) is 0 Å². The number of para-hydroxylation sites is 2. The lowest BCUT2D eigenvalue weighted by molar-refractivity contribution is 0.614. The van der Waals surface area contributed by atoms with E-state index in [9.17, 15) is 0 Å². The van der Waals surface area contributed by atoms with Gasteiger partial charge in [0.2, 0.25) is 5.95 Å². The van der Waals surface area contributed by atoms with Gasteiger partial charge in [0.25, 0.3) is 0 Å². The van der Waals surface area contributed by atoms with E-state index in [-0.39, 0.29) is 0 Å². The fraction of sp³-hybridized carbons (Fsp3) is 0. The van der Waals surface area contributed by atoms with E-state index in [1.807, 2.05) is 6.07 Å². The molecule has 0 atom stereocenters. The molecule has 0 N–H and O–H groups in total. The molecule has 3 heterocycles. The molecule has 0 unspecified atom stereocenters. The van der Waals surface area contributed by atoms with Gasteiger partial charge in [0.15, 0.2) is 5.58 Å². The van der Waals surface area contributed by atoms with Crippen LogP contribution in [-0.2, 0) is 0 Å². The average molecular weight is 411 g/mol. The molecule has 32 heavy (non-hydrogen) atoms. The highest BCUT2D eigenvalue weighted by molar-refractivity contribution is 6.09. The maximum Gasteiger partial charge on any atom is 0.236 e. The predicted octanol–water partition coefficient (Wildman–Crippen LogP) is 7.14. The first-order chi connectivity index (χ1) is 15.9. The number of aromatic nitrogens is 3. The van der Waals surface area contributed by atoms with Gasteiger partial charge in [-0.25, -0.2) is 9.97 Å². The zero-order valence-corrected chi connectivity index (χ0v) is 17.1. The molecule has 4 nitrogen and oxygen atoms in total. The minimum absolute atomic E-state index is 0.638. The molecule has 0 aliphatic carbocycles. The summed E-state index contributed by atoms with van der Waals surface area (Å²) in [4.78, 5) is 10.00. The van der Waals surface area contributed by atoms with Crippen LogP contribution >= 0.6 is 0 Å². The Morgan fingerprint density at radius 1 is 0.594 bits per heavy atom. The standard InChI is InChI=1S/C28H17N3O/c1-2-10-19-18(8-1)9-7-13-22(19)26-27-23(16-17-32-27)29-28(30-26)31-24-14-5-3-11-20(24)21-12-4-6-15-25(21)31/h1-17H. The van der Waals surface area contributed by atoms with Gasteiger partial charge >= 0.3 is 0 Å². The van der Waals surface area contributed by atoms with Gasteiger partial charge in [0.1, 0.15) is 11.2 Å². The lowest BCUT2D eigenvalue weighted by Gasteiger charge is -2.11. The van der Waals surface area contributed by atoms with E-state index in [1.165, 1.54) is 16.2 Å². The fourth-order valence-corrected chi connectivity index (χ4v) is 4.70.